The monoisotopic (exact) mass is 255 g/mol. The summed E-state index contributed by atoms with van der Waals surface area (Å²) in [5.74, 6) is 0. The molecule has 0 unspecified atom stereocenters. The fourth-order valence-corrected chi connectivity index (χ4v) is 3.38. The summed E-state index contributed by atoms with van der Waals surface area (Å²) in [6.07, 6.45) is 2.16. The van der Waals surface area contributed by atoms with Crippen molar-refractivity contribution in [1.82, 2.24) is 5.32 Å². The Kier molecular flexibility index (Phi) is 3.35. The van der Waals surface area contributed by atoms with Crippen molar-refractivity contribution in [2.45, 2.75) is 18.9 Å². The third-order valence-electron chi connectivity index (χ3n) is 2.31. The molecule has 3 heteroatoms. The zero-order valence-electron chi connectivity index (χ0n) is 7.90. The number of carbonyl (C=O) groups is 1. The van der Waals surface area contributed by atoms with Crippen LogP contribution in [-0.4, -0.2) is 32.2 Å². The number of benzene rings is 1. The molecule has 1 aliphatic rings. The summed E-state index contributed by atoms with van der Waals surface area (Å²) in [5.41, 5.74) is 0. The van der Waals surface area contributed by atoms with Gasteiger partial charge in [-0.25, -0.2) is 0 Å². The molecule has 0 spiro atoms. The van der Waals surface area contributed by atoms with Crippen LogP contribution in [0, 0.1) is 0 Å². The van der Waals surface area contributed by atoms with Crippen LogP contribution >= 0.6 is 0 Å². The van der Waals surface area contributed by atoms with E-state index in [0.717, 1.165) is 19.4 Å². The van der Waals surface area contributed by atoms with E-state index < -0.39 is 0 Å². The SMILES string of the molecule is O=C([Se]c1ccccc1)[C@@H]1CCCN1. The second kappa shape index (κ2) is 4.74. The van der Waals surface area contributed by atoms with Crippen LogP contribution < -0.4 is 9.78 Å². The Balaban J connectivity index is 1.94. The predicted molar refractivity (Wildman–Crippen MR) is 57.9 cm³/mol. The molecule has 1 saturated heterocycles. The second-order valence-corrected chi connectivity index (χ2v) is 5.64. The van der Waals surface area contributed by atoms with Crippen molar-refractivity contribution in [2.24, 2.45) is 0 Å². The van der Waals surface area contributed by atoms with Gasteiger partial charge in [-0.1, -0.05) is 0 Å². The molecule has 1 aliphatic heterocycles. The van der Waals surface area contributed by atoms with Crippen molar-refractivity contribution in [3.63, 3.8) is 0 Å². The predicted octanol–water partition coefficient (Wildman–Crippen LogP) is 0.295. The molecule has 0 aliphatic carbocycles. The van der Waals surface area contributed by atoms with Gasteiger partial charge in [0, 0.05) is 0 Å². The van der Waals surface area contributed by atoms with Gasteiger partial charge in [-0.05, 0) is 0 Å². The third kappa shape index (κ3) is 2.44. The van der Waals surface area contributed by atoms with E-state index >= 15 is 0 Å². The number of carbonyl (C=O) groups excluding carboxylic acids is 1. The first kappa shape index (κ1) is 9.91. The molecule has 1 heterocycles. The van der Waals surface area contributed by atoms with Gasteiger partial charge in [0.05, 0.1) is 0 Å². The molecule has 0 amide bonds. The average Bonchev–Trinajstić information content (AvgIpc) is 2.72. The third-order valence-corrected chi connectivity index (χ3v) is 4.39. The Labute approximate surface area is 90.2 Å². The number of nitrogens with one attached hydrogen (secondary N) is 1. The van der Waals surface area contributed by atoms with E-state index in [4.69, 9.17) is 0 Å². The van der Waals surface area contributed by atoms with Crippen molar-refractivity contribution in [3.05, 3.63) is 30.3 Å². The Hall–Kier alpha value is -0.631. The molecular weight excluding hydrogens is 241 g/mol. The molecule has 1 atom stereocenters. The molecule has 14 heavy (non-hydrogen) atoms. The summed E-state index contributed by atoms with van der Waals surface area (Å²) in [6.45, 7) is 1.00. The zero-order valence-corrected chi connectivity index (χ0v) is 9.61. The molecule has 2 rings (SSSR count). The first-order valence-corrected chi connectivity index (χ1v) is 6.58. The van der Waals surface area contributed by atoms with Crippen LogP contribution in [0.5, 0.6) is 0 Å². The standard InChI is InChI=1S/C11H13NOSe/c13-11(10-7-4-8-12-10)14-9-5-2-1-3-6-9/h1-3,5-6,10,12H,4,7-8H2/t10-/m0/s1. The minimum atomic E-state index is -0.0106. The van der Waals surface area contributed by atoms with Gasteiger partial charge in [0.25, 0.3) is 0 Å². The van der Waals surface area contributed by atoms with Crippen LogP contribution in [0.15, 0.2) is 30.3 Å². The number of hydrogen-bond acceptors (Lipinski definition) is 2. The molecule has 1 aromatic rings. The molecule has 0 bridgehead atoms. The summed E-state index contributed by atoms with van der Waals surface area (Å²) in [4.78, 5) is 11.8. The first-order valence-electron chi connectivity index (χ1n) is 4.86. The van der Waals surface area contributed by atoms with Crippen LogP contribution in [0.3, 0.4) is 0 Å². The maximum absolute atomic E-state index is 11.8. The van der Waals surface area contributed by atoms with Crippen molar-refractivity contribution in [1.29, 1.82) is 0 Å². The molecule has 74 valence electrons. The molecule has 1 N–H and O–H groups in total. The van der Waals surface area contributed by atoms with Gasteiger partial charge < -0.3 is 0 Å². The van der Waals surface area contributed by atoms with Crippen LogP contribution in [0.25, 0.3) is 0 Å². The van der Waals surface area contributed by atoms with Crippen LogP contribution in [-0.2, 0) is 4.79 Å². The van der Waals surface area contributed by atoms with Gasteiger partial charge in [0.1, 0.15) is 0 Å². The quantitative estimate of drug-likeness (QED) is 0.786. The van der Waals surface area contributed by atoms with E-state index in [1.807, 2.05) is 30.3 Å². The van der Waals surface area contributed by atoms with Crippen molar-refractivity contribution in [3.8, 4) is 0 Å². The normalized spacial score (nSPS) is 21.0. The van der Waals surface area contributed by atoms with Crippen molar-refractivity contribution < 1.29 is 4.79 Å². The molecule has 0 saturated carbocycles. The topological polar surface area (TPSA) is 29.1 Å². The summed E-state index contributed by atoms with van der Waals surface area (Å²) in [5, 5.41) is 3.24. The second-order valence-electron chi connectivity index (χ2n) is 3.38. The minimum absolute atomic E-state index is 0.0106. The van der Waals surface area contributed by atoms with E-state index in [9.17, 15) is 4.79 Å². The number of hydrogen-bond donors (Lipinski definition) is 1. The Bertz CT molecular complexity index is 306. The van der Waals surface area contributed by atoms with Crippen LogP contribution in [0.2, 0.25) is 0 Å². The Morgan fingerprint density at radius 2 is 2.14 bits per heavy atom. The molecular formula is C11H13NOSe. The average molecular weight is 254 g/mol. The Morgan fingerprint density at radius 1 is 1.36 bits per heavy atom. The summed E-state index contributed by atoms with van der Waals surface area (Å²) < 4.78 is 1.57. The Morgan fingerprint density at radius 3 is 2.79 bits per heavy atom. The van der Waals surface area contributed by atoms with Crippen LogP contribution in [0.4, 0.5) is 0 Å². The fraction of sp³-hybridized carbons (Fsp3) is 0.364. The maximum atomic E-state index is 11.8. The molecule has 1 fully saturated rings. The zero-order chi connectivity index (χ0) is 9.80. The van der Waals surface area contributed by atoms with E-state index in [0.29, 0.717) is 4.68 Å². The summed E-state index contributed by atoms with van der Waals surface area (Å²) in [7, 11) is 0. The van der Waals surface area contributed by atoms with Gasteiger partial charge in [-0.3, -0.25) is 0 Å². The fourth-order valence-electron chi connectivity index (χ4n) is 1.56. The van der Waals surface area contributed by atoms with E-state index in [-0.39, 0.29) is 21.0 Å². The molecule has 2 nitrogen and oxygen atoms in total. The molecule has 1 aromatic carbocycles. The van der Waals surface area contributed by atoms with Gasteiger partial charge in [0.15, 0.2) is 0 Å². The van der Waals surface area contributed by atoms with Gasteiger partial charge in [0.2, 0.25) is 0 Å². The van der Waals surface area contributed by atoms with E-state index in [1.54, 1.807) is 0 Å². The summed E-state index contributed by atoms with van der Waals surface area (Å²) in [6, 6.07) is 10.2. The molecule has 0 aromatic heterocycles. The van der Waals surface area contributed by atoms with Crippen molar-refractivity contribution in [2.75, 3.05) is 6.54 Å². The number of rotatable bonds is 3. The van der Waals surface area contributed by atoms with Gasteiger partial charge in [-0.2, -0.15) is 0 Å². The van der Waals surface area contributed by atoms with Gasteiger partial charge in [-0.15, -0.1) is 0 Å². The van der Waals surface area contributed by atoms with Crippen molar-refractivity contribution >= 4 is 24.1 Å². The van der Waals surface area contributed by atoms with E-state index in [2.05, 4.69) is 5.32 Å². The van der Waals surface area contributed by atoms with E-state index in [1.165, 1.54) is 4.46 Å². The van der Waals surface area contributed by atoms with Gasteiger partial charge >= 0.3 is 90.0 Å². The van der Waals surface area contributed by atoms with Crippen LogP contribution in [0.1, 0.15) is 12.8 Å². The molecule has 0 radical (unpaired) electrons. The summed E-state index contributed by atoms with van der Waals surface area (Å²) >= 11 is -0.0106. The first-order chi connectivity index (χ1) is 6.86.